The number of carboxylic acid groups (broad SMARTS) is 1. The summed E-state index contributed by atoms with van der Waals surface area (Å²) in [5, 5.41) is 12.2. The van der Waals surface area contributed by atoms with Crippen molar-refractivity contribution in [3.8, 4) is 11.1 Å². The molecule has 1 atom stereocenters. The number of carboxylic acids is 1. The van der Waals surface area contributed by atoms with Gasteiger partial charge in [-0.05, 0) is 87.4 Å². The Bertz CT molecular complexity index is 1470. The second kappa shape index (κ2) is 13.4. The number of aliphatic carboxylic acids is 1. The van der Waals surface area contributed by atoms with Crippen molar-refractivity contribution in [3.05, 3.63) is 95.1 Å². The van der Waals surface area contributed by atoms with Crippen molar-refractivity contribution in [1.82, 2.24) is 10.2 Å². The molecule has 220 valence electrons. The molecule has 0 aliphatic heterocycles. The molecule has 3 aromatic carbocycles. The molecule has 0 bridgehead atoms. The maximum Gasteiger partial charge on any atom is 0.326 e. The highest BCUT2D eigenvalue weighted by molar-refractivity contribution is 7.90. The van der Waals surface area contributed by atoms with E-state index in [1.807, 2.05) is 49.4 Å². The number of hydrogen-bond donors (Lipinski definition) is 2. The van der Waals surface area contributed by atoms with Gasteiger partial charge in [-0.2, -0.15) is 0 Å². The first-order valence-corrected chi connectivity index (χ1v) is 15.9. The summed E-state index contributed by atoms with van der Waals surface area (Å²) in [6.45, 7) is 11.5. The van der Waals surface area contributed by atoms with Gasteiger partial charge in [-0.3, -0.25) is 9.69 Å². The summed E-state index contributed by atoms with van der Waals surface area (Å²) in [5.74, 6) is -2.16. The smallest absolute Gasteiger partial charge is 0.326 e. The maximum absolute atomic E-state index is 13.5. The van der Waals surface area contributed by atoms with Gasteiger partial charge in [-0.25, -0.2) is 13.2 Å². The highest BCUT2D eigenvalue weighted by atomic mass is 32.2. The summed E-state index contributed by atoms with van der Waals surface area (Å²) < 4.78 is 23.3. The van der Waals surface area contributed by atoms with Crippen LogP contribution < -0.4 is 5.32 Å². The van der Waals surface area contributed by atoms with Crippen LogP contribution >= 0.6 is 0 Å². The molecule has 0 aliphatic carbocycles. The van der Waals surface area contributed by atoms with Crippen molar-refractivity contribution in [2.24, 2.45) is 0 Å². The summed E-state index contributed by atoms with van der Waals surface area (Å²) in [4.78, 5) is 27.7. The molecule has 0 aromatic heterocycles. The summed E-state index contributed by atoms with van der Waals surface area (Å²) in [5.41, 5.74) is 5.05. The van der Waals surface area contributed by atoms with Crippen LogP contribution in [0.1, 0.15) is 61.2 Å². The third-order valence-electron chi connectivity index (χ3n) is 7.38. The molecule has 0 fully saturated rings. The van der Waals surface area contributed by atoms with E-state index < -0.39 is 27.8 Å². The van der Waals surface area contributed by atoms with E-state index in [-0.39, 0.29) is 23.8 Å². The van der Waals surface area contributed by atoms with E-state index in [1.165, 1.54) is 5.56 Å². The van der Waals surface area contributed by atoms with Gasteiger partial charge >= 0.3 is 5.97 Å². The lowest BCUT2D eigenvalue weighted by molar-refractivity contribution is -0.139. The topological polar surface area (TPSA) is 104 Å². The fraction of sp³-hybridized carbons (Fsp3) is 0.394. The lowest BCUT2D eigenvalue weighted by Gasteiger charge is -2.42. The molecule has 0 spiro atoms. The minimum absolute atomic E-state index is 0.150. The normalized spacial score (nSPS) is 12.9. The van der Waals surface area contributed by atoms with Crippen molar-refractivity contribution < 1.29 is 23.1 Å². The monoisotopic (exact) mass is 578 g/mol. The van der Waals surface area contributed by atoms with Crippen LogP contribution in [-0.2, 0) is 27.6 Å². The molecule has 0 aliphatic rings. The molecule has 0 saturated heterocycles. The second-order valence-corrected chi connectivity index (χ2v) is 13.9. The number of hydrogen-bond acceptors (Lipinski definition) is 5. The second-order valence-electron chi connectivity index (χ2n) is 11.7. The molecule has 0 radical (unpaired) electrons. The Kier molecular flexibility index (Phi) is 10.5. The van der Waals surface area contributed by atoms with Crippen LogP contribution in [0.2, 0.25) is 0 Å². The highest BCUT2D eigenvalue weighted by Gasteiger charge is 2.30. The molecule has 7 nitrogen and oxygen atoms in total. The minimum atomic E-state index is -3.39. The average Bonchev–Trinajstić information content (AvgIpc) is 2.89. The Labute approximate surface area is 244 Å². The number of sulfone groups is 1. The molecule has 3 aromatic rings. The lowest BCUT2D eigenvalue weighted by atomic mass is 9.90. The summed E-state index contributed by atoms with van der Waals surface area (Å²) in [6, 6.07) is 22.8. The van der Waals surface area contributed by atoms with Crippen molar-refractivity contribution >= 4 is 21.7 Å². The molecule has 8 heteroatoms. The predicted octanol–water partition coefficient (Wildman–Crippen LogP) is 5.51. The molecule has 0 unspecified atom stereocenters. The van der Waals surface area contributed by atoms with Gasteiger partial charge in [0.15, 0.2) is 0 Å². The summed E-state index contributed by atoms with van der Waals surface area (Å²) in [6.07, 6.45) is 1.71. The zero-order valence-corrected chi connectivity index (χ0v) is 25.7. The summed E-state index contributed by atoms with van der Waals surface area (Å²) >= 11 is 0. The van der Waals surface area contributed by atoms with E-state index >= 15 is 0 Å². The Morgan fingerprint density at radius 3 is 2.15 bits per heavy atom. The molecule has 2 N–H and O–H groups in total. The standard InChI is InChI=1S/C33H42N2O5S/c1-23(2)35(33(4,5)21-25-13-8-7-9-14-25)22-26-16-17-28(29(20-26)27-15-11-10-12-24(27)3)31(36)34-30(32(37)38)18-19-41(6,39)40/h7-17,20,23,30H,18-19,21-22H2,1-6H3,(H,34,36)(H,37,38)/t30-/m0/s1. The van der Waals surface area contributed by atoms with Gasteiger partial charge in [0.1, 0.15) is 15.9 Å². The van der Waals surface area contributed by atoms with Crippen molar-refractivity contribution in [2.45, 2.75) is 71.6 Å². The SMILES string of the molecule is Cc1ccccc1-c1cc(CN(C(C)C)C(C)(C)Cc2ccccc2)ccc1C(=O)N[C@@H](CCS(C)(=O)=O)C(=O)O. The fourth-order valence-electron chi connectivity index (χ4n) is 5.30. The molecular formula is C33H42N2O5S. The van der Waals surface area contributed by atoms with Crippen LogP contribution in [0.15, 0.2) is 72.8 Å². The first-order valence-electron chi connectivity index (χ1n) is 13.9. The van der Waals surface area contributed by atoms with Gasteiger partial charge in [0.2, 0.25) is 0 Å². The van der Waals surface area contributed by atoms with Crippen LogP contribution in [0.25, 0.3) is 11.1 Å². The van der Waals surface area contributed by atoms with E-state index in [9.17, 15) is 23.1 Å². The molecular weight excluding hydrogens is 536 g/mol. The minimum Gasteiger partial charge on any atom is -0.480 e. The van der Waals surface area contributed by atoms with Crippen molar-refractivity contribution in [1.29, 1.82) is 0 Å². The largest absolute Gasteiger partial charge is 0.480 e. The molecule has 1 amide bonds. The number of aryl methyl sites for hydroxylation is 1. The lowest BCUT2D eigenvalue weighted by Crippen LogP contribution is -2.48. The Balaban J connectivity index is 1.98. The first kappa shape index (κ1) is 32.0. The van der Waals surface area contributed by atoms with E-state index in [0.717, 1.165) is 29.4 Å². The number of benzene rings is 3. The molecule has 41 heavy (non-hydrogen) atoms. The van der Waals surface area contributed by atoms with Gasteiger partial charge < -0.3 is 10.4 Å². The number of rotatable bonds is 13. The van der Waals surface area contributed by atoms with Gasteiger partial charge in [-0.1, -0.05) is 60.7 Å². The number of amides is 1. The number of nitrogens with zero attached hydrogens (tertiary/aromatic N) is 1. The summed E-state index contributed by atoms with van der Waals surface area (Å²) in [7, 11) is -3.39. The number of carbonyl (C=O) groups excluding carboxylic acids is 1. The zero-order valence-electron chi connectivity index (χ0n) is 24.8. The van der Waals surface area contributed by atoms with Gasteiger partial charge in [0.25, 0.3) is 5.91 Å². The van der Waals surface area contributed by atoms with Crippen molar-refractivity contribution in [3.63, 3.8) is 0 Å². The van der Waals surface area contributed by atoms with Crippen LogP contribution in [0.3, 0.4) is 0 Å². The van der Waals surface area contributed by atoms with Crippen molar-refractivity contribution in [2.75, 3.05) is 12.0 Å². The fourth-order valence-corrected chi connectivity index (χ4v) is 5.96. The van der Waals surface area contributed by atoms with Crippen LogP contribution in [0, 0.1) is 6.92 Å². The first-order chi connectivity index (χ1) is 19.2. The highest BCUT2D eigenvalue weighted by Crippen LogP contribution is 2.31. The van der Waals surface area contributed by atoms with Crippen LogP contribution in [-0.4, -0.2) is 59.9 Å². The Hall–Kier alpha value is -3.49. The van der Waals surface area contributed by atoms with Crippen LogP contribution in [0.4, 0.5) is 0 Å². The number of carbonyl (C=O) groups is 2. The zero-order chi connectivity index (χ0) is 30.4. The predicted molar refractivity (Wildman–Crippen MR) is 165 cm³/mol. The molecule has 3 rings (SSSR count). The van der Waals surface area contributed by atoms with E-state index in [2.05, 4.69) is 62.2 Å². The quantitative estimate of drug-likeness (QED) is 0.277. The molecule has 0 heterocycles. The van der Waals surface area contributed by atoms with E-state index in [4.69, 9.17) is 0 Å². The van der Waals surface area contributed by atoms with Crippen LogP contribution in [0.5, 0.6) is 0 Å². The van der Waals surface area contributed by atoms with E-state index in [0.29, 0.717) is 17.7 Å². The van der Waals surface area contributed by atoms with E-state index in [1.54, 1.807) is 6.07 Å². The van der Waals surface area contributed by atoms with Gasteiger partial charge in [0, 0.05) is 29.9 Å². The third-order valence-corrected chi connectivity index (χ3v) is 8.36. The van der Waals surface area contributed by atoms with Gasteiger partial charge in [-0.15, -0.1) is 0 Å². The third kappa shape index (κ3) is 9.00. The maximum atomic E-state index is 13.5. The average molecular weight is 579 g/mol. The van der Waals surface area contributed by atoms with Gasteiger partial charge in [0.05, 0.1) is 5.75 Å². The Morgan fingerprint density at radius 2 is 1.56 bits per heavy atom. The Morgan fingerprint density at radius 1 is 0.927 bits per heavy atom. The molecule has 0 saturated carbocycles. The number of nitrogens with one attached hydrogen (secondary N) is 1.